The Bertz CT molecular complexity index is 1340. The number of ketones is 1. The van der Waals surface area contributed by atoms with E-state index in [1.165, 1.54) is 19.2 Å². The quantitative estimate of drug-likeness (QED) is 0.407. The summed E-state index contributed by atoms with van der Waals surface area (Å²) in [6.45, 7) is 0.679. The highest BCUT2D eigenvalue weighted by Gasteiger charge is 2.30. The number of nitrogens with zero attached hydrogens (tertiary/aromatic N) is 2. The molecular weight excluding hydrogens is 530 g/mol. The number of carbonyl (C=O) groups excluding carboxylic acids is 2. The first-order chi connectivity index (χ1) is 17.3. The van der Waals surface area contributed by atoms with E-state index in [9.17, 15) is 14.0 Å². The molecule has 1 aliphatic heterocycles. The summed E-state index contributed by atoms with van der Waals surface area (Å²) < 4.78 is 19.0. The second-order valence-electron chi connectivity index (χ2n) is 7.87. The third-order valence-corrected chi connectivity index (χ3v) is 6.22. The predicted octanol–water partition coefficient (Wildman–Crippen LogP) is 4.96. The number of hydrogen-bond donors (Lipinski definition) is 2. The number of pyridine rings is 1. The van der Waals surface area contributed by atoms with Gasteiger partial charge in [0.2, 0.25) is 0 Å². The number of amides is 1. The number of anilines is 1. The molecule has 11 heteroatoms. The number of aromatic nitrogens is 1. The van der Waals surface area contributed by atoms with E-state index in [2.05, 4.69) is 20.6 Å². The molecule has 1 amide bonds. The summed E-state index contributed by atoms with van der Waals surface area (Å²) >= 11 is 19.0. The molecule has 3 aromatic rings. The molecule has 2 N–H and O–H groups in total. The highest BCUT2D eigenvalue weighted by Crippen LogP contribution is 2.33. The Morgan fingerprint density at radius 1 is 1.17 bits per heavy atom. The minimum absolute atomic E-state index is 0.00268. The lowest BCUT2D eigenvalue weighted by atomic mass is 9.96. The molecule has 1 atom stereocenters. The van der Waals surface area contributed by atoms with Gasteiger partial charge in [-0.2, -0.15) is 0 Å². The van der Waals surface area contributed by atoms with Crippen molar-refractivity contribution in [2.24, 2.45) is 4.99 Å². The zero-order valence-corrected chi connectivity index (χ0v) is 21.2. The summed E-state index contributed by atoms with van der Waals surface area (Å²) in [6.07, 6.45) is -0.310. The highest BCUT2D eigenvalue weighted by atomic mass is 35.5. The van der Waals surface area contributed by atoms with E-state index >= 15 is 0 Å². The first-order valence-electron chi connectivity index (χ1n) is 10.8. The minimum Gasteiger partial charge on any atom is -0.383 e. The number of hydrogen-bond acceptors (Lipinski definition) is 6. The second-order valence-corrected chi connectivity index (χ2v) is 9.12. The fourth-order valence-corrected chi connectivity index (χ4v) is 4.76. The summed E-state index contributed by atoms with van der Waals surface area (Å²) in [5, 5.41) is 6.33. The lowest BCUT2D eigenvalue weighted by Crippen LogP contribution is -2.40. The lowest BCUT2D eigenvalue weighted by molar-refractivity contribution is -0.120. The summed E-state index contributed by atoms with van der Waals surface area (Å²) in [7, 11) is 1.53. The Morgan fingerprint density at radius 2 is 1.89 bits per heavy atom. The van der Waals surface area contributed by atoms with Gasteiger partial charge in [-0.3, -0.25) is 14.6 Å². The fraction of sp³-hybridized carbons (Fsp3) is 0.200. The Balaban J connectivity index is 1.75. The van der Waals surface area contributed by atoms with Crippen LogP contribution in [0.1, 0.15) is 27.0 Å². The zero-order chi connectivity index (χ0) is 25.8. The van der Waals surface area contributed by atoms with Crippen molar-refractivity contribution < 1.29 is 18.7 Å². The van der Waals surface area contributed by atoms with Gasteiger partial charge < -0.3 is 15.4 Å². The Kier molecular flexibility index (Phi) is 8.21. The van der Waals surface area contributed by atoms with Crippen LogP contribution in [0.25, 0.3) is 0 Å². The van der Waals surface area contributed by atoms with Crippen LogP contribution >= 0.6 is 34.8 Å². The van der Waals surface area contributed by atoms with E-state index in [1.54, 1.807) is 24.3 Å². The van der Waals surface area contributed by atoms with E-state index in [0.717, 1.165) is 12.3 Å². The van der Waals surface area contributed by atoms with Crippen LogP contribution in [-0.4, -0.2) is 48.8 Å². The minimum atomic E-state index is -1.29. The molecule has 0 aliphatic carbocycles. The van der Waals surface area contributed by atoms with Crippen molar-refractivity contribution in [3.63, 3.8) is 0 Å². The SMILES string of the molecule is COCCNc1ncc(F)cc1C(=O)NC1N=C(c2c(Cl)cc(Cl)cc2Cl)c2ccccc2CC1=O. The summed E-state index contributed by atoms with van der Waals surface area (Å²) in [4.78, 5) is 34.9. The van der Waals surface area contributed by atoms with Crippen LogP contribution in [0.2, 0.25) is 15.1 Å². The van der Waals surface area contributed by atoms with E-state index in [-0.39, 0.29) is 33.6 Å². The first kappa shape index (κ1) is 26.0. The Morgan fingerprint density at radius 3 is 2.61 bits per heavy atom. The largest absolute Gasteiger partial charge is 0.383 e. The normalized spacial score (nSPS) is 15.1. The number of ether oxygens (including phenoxy) is 1. The molecule has 36 heavy (non-hydrogen) atoms. The van der Waals surface area contributed by atoms with Crippen LogP contribution in [0.5, 0.6) is 0 Å². The van der Waals surface area contributed by atoms with Gasteiger partial charge in [0.25, 0.3) is 5.91 Å². The van der Waals surface area contributed by atoms with Crippen LogP contribution in [0, 0.1) is 5.82 Å². The number of nitrogens with one attached hydrogen (secondary N) is 2. The topological polar surface area (TPSA) is 92.7 Å². The molecule has 0 radical (unpaired) electrons. The van der Waals surface area contributed by atoms with Crippen molar-refractivity contribution in [2.75, 3.05) is 25.6 Å². The second kappa shape index (κ2) is 11.3. The smallest absolute Gasteiger partial charge is 0.257 e. The lowest BCUT2D eigenvalue weighted by Gasteiger charge is -2.16. The average molecular weight is 550 g/mol. The van der Waals surface area contributed by atoms with Gasteiger partial charge in [-0.05, 0) is 23.8 Å². The average Bonchev–Trinajstić information content (AvgIpc) is 2.96. The third-order valence-electron chi connectivity index (χ3n) is 5.41. The molecule has 0 fully saturated rings. The van der Waals surface area contributed by atoms with Gasteiger partial charge in [0.1, 0.15) is 11.6 Å². The van der Waals surface area contributed by atoms with Crippen molar-refractivity contribution in [1.82, 2.24) is 10.3 Å². The number of halogens is 4. The van der Waals surface area contributed by atoms with E-state index in [1.807, 2.05) is 0 Å². The number of methoxy groups -OCH3 is 1. The molecule has 0 bridgehead atoms. The van der Waals surface area contributed by atoms with E-state index in [4.69, 9.17) is 39.5 Å². The Hall–Kier alpha value is -3.04. The molecule has 1 unspecified atom stereocenters. The molecule has 7 nitrogen and oxygen atoms in total. The Labute approximate surface area is 221 Å². The fourth-order valence-electron chi connectivity index (χ4n) is 3.77. The van der Waals surface area contributed by atoms with Crippen LogP contribution in [0.15, 0.2) is 53.7 Å². The number of fused-ring (bicyclic) bond motifs is 1. The van der Waals surface area contributed by atoms with Crippen molar-refractivity contribution >= 4 is 58.0 Å². The number of Topliss-reactive ketones (excluding diaryl/α,β-unsaturated/α-hetero) is 1. The first-order valence-corrected chi connectivity index (χ1v) is 11.9. The standard InChI is InChI=1S/C25H20Cl3FN4O3/c1-36-7-6-30-23-17(11-15(29)12-31-23)25(35)33-24-20(34)8-13-4-2-3-5-16(13)22(32-24)21-18(27)9-14(26)10-19(21)28/h2-5,9-12,24H,6-8H2,1H3,(H,30,31)(H,33,35). The highest BCUT2D eigenvalue weighted by molar-refractivity contribution is 6.43. The number of benzene rings is 2. The maximum absolute atomic E-state index is 14.0. The maximum Gasteiger partial charge on any atom is 0.257 e. The van der Waals surface area contributed by atoms with Crippen LogP contribution in [0.3, 0.4) is 0 Å². The molecular formula is C25H20Cl3FN4O3. The van der Waals surface area contributed by atoms with E-state index < -0.39 is 17.9 Å². The molecule has 1 aromatic heterocycles. The van der Waals surface area contributed by atoms with Crippen molar-refractivity contribution in [1.29, 1.82) is 0 Å². The van der Waals surface area contributed by atoms with Gasteiger partial charge in [0.05, 0.1) is 34.1 Å². The van der Waals surface area contributed by atoms with Gasteiger partial charge in [0.15, 0.2) is 11.9 Å². The van der Waals surface area contributed by atoms with E-state index in [0.29, 0.717) is 40.6 Å². The summed E-state index contributed by atoms with van der Waals surface area (Å²) in [5.74, 6) is -1.67. The van der Waals surface area contributed by atoms with Crippen LogP contribution in [-0.2, 0) is 16.0 Å². The maximum atomic E-state index is 14.0. The van der Waals surface area contributed by atoms with Gasteiger partial charge in [0, 0.05) is 36.2 Å². The molecule has 0 saturated carbocycles. The van der Waals surface area contributed by atoms with Crippen LogP contribution < -0.4 is 10.6 Å². The van der Waals surface area contributed by atoms with Gasteiger partial charge in [-0.15, -0.1) is 0 Å². The van der Waals surface area contributed by atoms with Gasteiger partial charge >= 0.3 is 0 Å². The third kappa shape index (κ3) is 5.68. The predicted molar refractivity (Wildman–Crippen MR) is 138 cm³/mol. The number of aliphatic imine (C=N–C) groups is 1. The van der Waals surface area contributed by atoms with Crippen LogP contribution in [0.4, 0.5) is 10.2 Å². The van der Waals surface area contributed by atoms with Crippen molar-refractivity contribution in [2.45, 2.75) is 12.6 Å². The number of rotatable bonds is 7. The summed E-state index contributed by atoms with van der Waals surface area (Å²) in [5.41, 5.74) is 1.94. The van der Waals surface area contributed by atoms with Gasteiger partial charge in [-0.25, -0.2) is 9.37 Å². The summed E-state index contributed by atoms with van der Waals surface area (Å²) in [6, 6.07) is 11.2. The monoisotopic (exact) mass is 548 g/mol. The number of carbonyl (C=O) groups is 2. The van der Waals surface area contributed by atoms with Crippen molar-refractivity contribution in [3.8, 4) is 0 Å². The molecule has 0 spiro atoms. The zero-order valence-electron chi connectivity index (χ0n) is 18.9. The molecule has 2 aromatic carbocycles. The molecule has 186 valence electrons. The van der Waals surface area contributed by atoms with Crippen molar-refractivity contribution in [3.05, 3.63) is 91.8 Å². The van der Waals surface area contributed by atoms with Gasteiger partial charge in [-0.1, -0.05) is 59.1 Å². The molecule has 4 rings (SSSR count). The molecule has 1 aliphatic rings. The molecule has 0 saturated heterocycles. The molecule has 2 heterocycles.